The summed E-state index contributed by atoms with van der Waals surface area (Å²) in [4.78, 5) is 28.3. The molecule has 0 fully saturated rings. The van der Waals surface area contributed by atoms with Gasteiger partial charge in [0.15, 0.2) is 0 Å². The summed E-state index contributed by atoms with van der Waals surface area (Å²) >= 11 is 3.35. The maximum atomic E-state index is 12.3. The van der Waals surface area contributed by atoms with Crippen LogP contribution in [-0.2, 0) is 11.3 Å². The Balaban J connectivity index is 0.00000264. The molecule has 126 valence electrons. The monoisotopic (exact) mass is 402 g/mol. The molecule has 0 aliphatic rings. The predicted molar refractivity (Wildman–Crippen MR) is 96.9 cm³/mol. The van der Waals surface area contributed by atoms with Crippen molar-refractivity contribution in [3.63, 3.8) is 0 Å². The van der Waals surface area contributed by atoms with Gasteiger partial charge in [-0.05, 0) is 37.6 Å². The van der Waals surface area contributed by atoms with Crippen molar-refractivity contribution < 1.29 is 4.79 Å². The first-order valence-electron chi connectivity index (χ1n) is 7.23. The number of carbonyl (C=O) groups excluding carboxylic acids is 1. The summed E-state index contributed by atoms with van der Waals surface area (Å²) in [7, 11) is 0. The van der Waals surface area contributed by atoms with E-state index in [2.05, 4.69) is 26.2 Å². The Kier molecular flexibility index (Phi) is 8.22. The zero-order chi connectivity index (χ0) is 15.9. The number of nitrogens with zero attached hydrogens (tertiary/aromatic N) is 2. The minimum absolute atomic E-state index is 0. The highest BCUT2D eigenvalue weighted by molar-refractivity contribution is 9.10. The molecule has 8 heteroatoms. The van der Waals surface area contributed by atoms with E-state index in [9.17, 15) is 9.59 Å². The van der Waals surface area contributed by atoms with E-state index in [1.165, 1.54) is 10.9 Å². The molecule has 0 bridgehead atoms. The van der Waals surface area contributed by atoms with Crippen LogP contribution < -0.4 is 16.6 Å². The number of hydrogen-bond acceptors (Lipinski definition) is 4. The van der Waals surface area contributed by atoms with Gasteiger partial charge in [0, 0.05) is 24.0 Å². The molecular weight excluding hydrogens is 384 g/mol. The minimum atomic E-state index is -0.137. The highest BCUT2D eigenvalue weighted by Crippen LogP contribution is 2.14. The van der Waals surface area contributed by atoms with Crippen LogP contribution in [-0.4, -0.2) is 28.5 Å². The van der Waals surface area contributed by atoms with Crippen LogP contribution in [0.15, 0.2) is 33.8 Å². The number of rotatable bonds is 7. The molecule has 0 saturated carbocycles. The lowest BCUT2D eigenvalue weighted by Gasteiger charge is -2.07. The Morgan fingerprint density at radius 2 is 2.13 bits per heavy atom. The fourth-order valence-electron chi connectivity index (χ4n) is 2.10. The number of aromatic nitrogens is 2. The number of unbranched alkanes of at least 4 members (excludes halogenated alkanes) is 1. The third-order valence-electron chi connectivity index (χ3n) is 3.32. The van der Waals surface area contributed by atoms with Gasteiger partial charge in [-0.1, -0.05) is 15.9 Å². The zero-order valence-corrected chi connectivity index (χ0v) is 15.0. The molecule has 0 atom stereocenters. The van der Waals surface area contributed by atoms with Gasteiger partial charge in [-0.2, -0.15) is 0 Å². The van der Waals surface area contributed by atoms with Crippen LogP contribution in [0, 0.1) is 0 Å². The molecule has 1 aromatic heterocycles. The Hall–Kier alpha value is -1.44. The van der Waals surface area contributed by atoms with E-state index in [-0.39, 0.29) is 30.3 Å². The smallest absolute Gasteiger partial charge is 0.261 e. The van der Waals surface area contributed by atoms with Gasteiger partial charge in [0.2, 0.25) is 5.91 Å². The summed E-state index contributed by atoms with van der Waals surface area (Å²) in [5.74, 6) is -0.0711. The highest BCUT2D eigenvalue weighted by atomic mass is 79.9. The van der Waals surface area contributed by atoms with Crippen LogP contribution in [0.2, 0.25) is 0 Å². The lowest BCUT2D eigenvalue weighted by Crippen LogP contribution is -2.28. The van der Waals surface area contributed by atoms with Crippen molar-refractivity contribution in [3.8, 4) is 0 Å². The Morgan fingerprint density at radius 3 is 2.87 bits per heavy atom. The normalized spacial score (nSPS) is 10.3. The van der Waals surface area contributed by atoms with Crippen molar-refractivity contribution in [1.82, 2.24) is 14.9 Å². The quantitative estimate of drug-likeness (QED) is 0.690. The summed E-state index contributed by atoms with van der Waals surface area (Å²) < 4.78 is 2.29. The number of hydrogen-bond donors (Lipinski definition) is 2. The molecular formula is C15H20BrClN4O2. The van der Waals surface area contributed by atoms with Gasteiger partial charge in [-0.15, -0.1) is 12.4 Å². The van der Waals surface area contributed by atoms with Crippen LogP contribution in [0.1, 0.15) is 19.3 Å². The maximum Gasteiger partial charge on any atom is 0.261 e. The predicted octanol–water partition coefficient (Wildman–Crippen LogP) is 1.83. The van der Waals surface area contributed by atoms with Gasteiger partial charge >= 0.3 is 0 Å². The van der Waals surface area contributed by atoms with E-state index in [1.54, 1.807) is 12.1 Å². The summed E-state index contributed by atoms with van der Waals surface area (Å²) in [6.07, 6.45) is 3.50. The summed E-state index contributed by atoms with van der Waals surface area (Å²) in [6.45, 7) is 1.56. The fraction of sp³-hybridized carbons (Fsp3) is 0.400. The van der Waals surface area contributed by atoms with Crippen LogP contribution in [0.3, 0.4) is 0 Å². The number of benzene rings is 1. The molecule has 0 spiro atoms. The molecule has 0 unspecified atom stereocenters. The first-order valence-corrected chi connectivity index (χ1v) is 8.02. The zero-order valence-electron chi connectivity index (χ0n) is 12.6. The third-order valence-corrected chi connectivity index (χ3v) is 3.81. The molecule has 23 heavy (non-hydrogen) atoms. The Labute approximate surface area is 149 Å². The molecule has 0 aliphatic carbocycles. The number of nitrogens with two attached hydrogens (primary N) is 1. The summed E-state index contributed by atoms with van der Waals surface area (Å²) in [6, 6.07) is 5.37. The molecule has 3 N–H and O–H groups in total. The lowest BCUT2D eigenvalue weighted by atomic mass is 10.2. The van der Waals surface area contributed by atoms with Gasteiger partial charge in [-0.3, -0.25) is 14.2 Å². The van der Waals surface area contributed by atoms with Crippen molar-refractivity contribution >= 4 is 45.1 Å². The van der Waals surface area contributed by atoms with Gasteiger partial charge < -0.3 is 11.1 Å². The number of carbonyl (C=O) groups is 1. The first kappa shape index (κ1) is 19.6. The van der Waals surface area contributed by atoms with E-state index in [0.29, 0.717) is 30.5 Å². The van der Waals surface area contributed by atoms with E-state index in [0.717, 1.165) is 17.3 Å². The standard InChI is InChI=1S/C15H19BrN4O2.ClH/c16-11-3-4-13-12(9-11)15(22)20(10-19-13)8-5-14(21)18-7-2-1-6-17;/h3-4,9-10H,1-2,5-8,17H2,(H,18,21);1H. The number of nitrogens with one attached hydrogen (secondary N) is 1. The van der Waals surface area contributed by atoms with Gasteiger partial charge in [0.1, 0.15) is 0 Å². The largest absolute Gasteiger partial charge is 0.356 e. The minimum Gasteiger partial charge on any atom is -0.356 e. The summed E-state index contributed by atoms with van der Waals surface area (Å²) in [5.41, 5.74) is 5.90. The third kappa shape index (κ3) is 5.60. The van der Waals surface area contributed by atoms with E-state index >= 15 is 0 Å². The van der Waals surface area contributed by atoms with Gasteiger partial charge in [0.25, 0.3) is 5.56 Å². The molecule has 0 saturated heterocycles. The van der Waals surface area contributed by atoms with Crippen LogP contribution in [0.4, 0.5) is 0 Å². The fourth-order valence-corrected chi connectivity index (χ4v) is 2.46. The van der Waals surface area contributed by atoms with E-state index < -0.39 is 0 Å². The molecule has 1 aromatic carbocycles. The van der Waals surface area contributed by atoms with Gasteiger partial charge in [0.05, 0.1) is 17.2 Å². The number of aryl methyl sites for hydroxylation is 1. The van der Waals surface area contributed by atoms with Crippen LogP contribution in [0.25, 0.3) is 10.9 Å². The van der Waals surface area contributed by atoms with Crippen molar-refractivity contribution in [2.75, 3.05) is 13.1 Å². The topological polar surface area (TPSA) is 90.0 Å². The molecule has 6 nitrogen and oxygen atoms in total. The first-order chi connectivity index (χ1) is 10.6. The van der Waals surface area contributed by atoms with Crippen LogP contribution in [0.5, 0.6) is 0 Å². The second kappa shape index (κ2) is 9.64. The molecule has 0 aliphatic heterocycles. The van der Waals surface area contributed by atoms with Crippen molar-refractivity contribution in [2.24, 2.45) is 5.73 Å². The molecule has 2 aromatic rings. The van der Waals surface area contributed by atoms with Crippen molar-refractivity contribution in [2.45, 2.75) is 25.8 Å². The Morgan fingerprint density at radius 1 is 1.35 bits per heavy atom. The molecule has 2 rings (SSSR count). The average Bonchev–Trinajstić information content (AvgIpc) is 2.51. The highest BCUT2D eigenvalue weighted by Gasteiger charge is 2.07. The second-order valence-corrected chi connectivity index (χ2v) is 5.92. The number of fused-ring (bicyclic) bond motifs is 1. The number of amides is 1. The van der Waals surface area contributed by atoms with E-state index in [1.807, 2.05) is 6.07 Å². The average molecular weight is 404 g/mol. The second-order valence-electron chi connectivity index (χ2n) is 5.00. The van der Waals surface area contributed by atoms with Crippen molar-refractivity contribution in [3.05, 3.63) is 39.4 Å². The maximum absolute atomic E-state index is 12.3. The van der Waals surface area contributed by atoms with Crippen LogP contribution >= 0.6 is 28.3 Å². The van der Waals surface area contributed by atoms with Gasteiger partial charge in [-0.25, -0.2) is 4.98 Å². The lowest BCUT2D eigenvalue weighted by molar-refractivity contribution is -0.121. The van der Waals surface area contributed by atoms with Crippen molar-refractivity contribution in [1.29, 1.82) is 0 Å². The summed E-state index contributed by atoms with van der Waals surface area (Å²) in [5, 5.41) is 3.36. The number of halogens is 2. The molecule has 1 amide bonds. The van der Waals surface area contributed by atoms with E-state index in [4.69, 9.17) is 5.73 Å². The Bertz CT molecular complexity index is 720. The molecule has 1 heterocycles. The SMILES string of the molecule is Cl.NCCCCNC(=O)CCn1cnc2ccc(Br)cc2c1=O. The molecule has 0 radical (unpaired) electrons.